The third-order valence-electron chi connectivity index (χ3n) is 6.71. The first-order valence-corrected chi connectivity index (χ1v) is 11.9. The summed E-state index contributed by atoms with van der Waals surface area (Å²) in [5.41, 5.74) is 2.37. The van der Waals surface area contributed by atoms with Crippen LogP contribution in [0, 0.1) is 5.82 Å². The Balaban J connectivity index is 1.17. The van der Waals surface area contributed by atoms with E-state index < -0.39 is 11.4 Å². The number of hydrogen-bond acceptors (Lipinski definition) is 9. The Labute approximate surface area is 211 Å². The Morgan fingerprint density at radius 2 is 1.62 bits per heavy atom. The molecule has 6 rings (SSSR count). The highest BCUT2D eigenvalue weighted by Crippen LogP contribution is 2.29. The number of anilines is 2. The molecule has 0 saturated carbocycles. The van der Waals surface area contributed by atoms with Gasteiger partial charge in [0.05, 0.1) is 18.1 Å². The summed E-state index contributed by atoms with van der Waals surface area (Å²) >= 11 is 0. The summed E-state index contributed by atoms with van der Waals surface area (Å²) in [7, 11) is 1.90. The van der Waals surface area contributed by atoms with E-state index in [2.05, 4.69) is 46.0 Å². The van der Waals surface area contributed by atoms with E-state index in [1.807, 2.05) is 30.2 Å². The van der Waals surface area contributed by atoms with Gasteiger partial charge in [-0.15, -0.1) is 0 Å². The Hall–Kier alpha value is -4.45. The van der Waals surface area contributed by atoms with E-state index >= 15 is 0 Å². The van der Waals surface area contributed by atoms with Crippen LogP contribution in [0.1, 0.15) is 18.2 Å². The Morgan fingerprint density at radius 3 is 2.30 bits per heavy atom. The fourth-order valence-corrected chi connectivity index (χ4v) is 4.55. The summed E-state index contributed by atoms with van der Waals surface area (Å²) in [6.07, 6.45) is 11.6. The zero-order valence-corrected chi connectivity index (χ0v) is 20.4. The van der Waals surface area contributed by atoms with Crippen molar-refractivity contribution in [2.75, 3.05) is 36.0 Å². The molecule has 0 amide bonds. The molecule has 5 aromatic rings. The van der Waals surface area contributed by atoms with Crippen LogP contribution in [0.4, 0.5) is 16.2 Å². The molecule has 1 aliphatic heterocycles. The lowest BCUT2D eigenvalue weighted by Crippen LogP contribution is -2.47. The molecule has 1 saturated heterocycles. The lowest BCUT2D eigenvalue weighted by molar-refractivity contribution is 0.0965. The lowest BCUT2D eigenvalue weighted by Gasteiger charge is -2.35. The van der Waals surface area contributed by atoms with Gasteiger partial charge in [0.2, 0.25) is 5.95 Å². The zero-order chi connectivity index (χ0) is 25.6. The summed E-state index contributed by atoms with van der Waals surface area (Å²) in [6.45, 7) is 4.49. The van der Waals surface area contributed by atoms with E-state index in [1.165, 1.54) is 12.1 Å². The van der Waals surface area contributed by atoms with Crippen molar-refractivity contribution in [3.8, 4) is 11.1 Å². The molecule has 6 heterocycles. The van der Waals surface area contributed by atoms with Crippen LogP contribution in [0.25, 0.3) is 16.6 Å². The average molecular weight is 501 g/mol. The molecular formula is C25H25FN10O. The Kier molecular flexibility index (Phi) is 5.52. The molecule has 0 aromatic carbocycles. The van der Waals surface area contributed by atoms with Crippen molar-refractivity contribution in [1.82, 2.24) is 39.3 Å². The highest BCUT2D eigenvalue weighted by molar-refractivity contribution is 5.77. The first-order chi connectivity index (χ1) is 17.9. The van der Waals surface area contributed by atoms with E-state index in [0.717, 1.165) is 41.7 Å². The van der Waals surface area contributed by atoms with E-state index in [-0.39, 0.29) is 0 Å². The standard InChI is InChI=1S/C25H25FN10O/c1-25(37,22-4-3-20(26)13-27-22)19-11-28-24(29-12-19)35-7-5-34(6-8-35)23-21-9-17(15-36(21)32-16-30-23)18-10-31-33(2)14-18/h3-4,9-16,37H,5-8H2,1-2H3. The number of halogens is 1. The van der Waals surface area contributed by atoms with Gasteiger partial charge in [0, 0.05) is 74.7 Å². The summed E-state index contributed by atoms with van der Waals surface area (Å²) in [5.74, 6) is 1.00. The van der Waals surface area contributed by atoms with Crippen LogP contribution in [0.3, 0.4) is 0 Å². The molecule has 1 fully saturated rings. The lowest BCUT2D eigenvalue weighted by atomic mass is 9.94. The van der Waals surface area contributed by atoms with Gasteiger partial charge in [-0.2, -0.15) is 10.2 Å². The van der Waals surface area contributed by atoms with Crippen molar-refractivity contribution in [3.05, 3.63) is 78.8 Å². The van der Waals surface area contributed by atoms with Crippen LogP contribution in [0.5, 0.6) is 0 Å². The van der Waals surface area contributed by atoms with Gasteiger partial charge in [-0.25, -0.2) is 23.9 Å². The van der Waals surface area contributed by atoms with E-state index in [1.54, 1.807) is 30.3 Å². The van der Waals surface area contributed by atoms with Gasteiger partial charge >= 0.3 is 0 Å². The summed E-state index contributed by atoms with van der Waals surface area (Å²) in [4.78, 5) is 21.9. The number of aliphatic hydroxyl groups is 1. The van der Waals surface area contributed by atoms with Crippen molar-refractivity contribution in [3.63, 3.8) is 0 Å². The molecule has 5 aromatic heterocycles. The van der Waals surface area contributed by atoms with Gasteiger partial charge in [0.15, 0.2) is 5.82 Å². The number of rotatable bonds is 5. The number of aryl methyl sites for hydroxylation is 1. The van der Waals surface area contributed by atoms with E-state index in [4.69, 9.17) is 0 Å². The molecule has 0 spiro atoms. The molecule has 0 bridgehead atoms. The van der Waals surface area contributed by atoms with Gasteiger partial charge in [0.25, 0.3) is 0 Å². The molecule has 37 heavy (non-hydrogen) atoms. The molecular weight excluding hydrogens is 475 g/mol. The van der Waals surface area contributed by atoms with Gasteiger partial charge in [-0.05, 0) is 25.1 Å². The highest BCUT2D eigenvalue weighted by Gasteiger charge is 2.29. The van der Waals surface area contributed by atoms with Crippen LogP contribution in [0.15, 0.2) is 61.7 Å². The molecule has 1 aliphatic rings. The fourth-order valence-electron chi connectivity index (χ4n) is 4.55. The second-order valence-corrected chi connectivity index (χ2v) is 9.22. The Morgan fingerprint density at radius 1 is 0.865 bits per heavy atom. The predicted octanol–water partition coefficient (Wildman–Crippen LogP) is 2.04. The first-order valence-electron chi connectivity index (χ1n) is 11.9. The second kappa shape index (κ2) is 8.89. The maximum absolute atomic E-state index is 13.2. The third kappa shape index (κ3) is 4.25. The molecule has 0 radical (unpaired) electrons. The second-order valence-electron chi connectivity index (χ2n) is 9.22. The summed E-state index contributed by atoms with van der Waals surface area (Å²) < 4.78 is 16.9. The van der Waals surface area contributed by atoms with Gasteiger partial charge in [0.1, 0.15) is 23.3 Å². The van der Waals surface area contributed by atoms with Crippen molar-refractivity contribution in [1.29, 1.82) is 0 Å². The minimum Gasteiger partial charge on any atom is -0.379 e. The number of fused-ring (bicyclic) bond motifs is 1. The number of pyridine rings is 1. The molecule has 0 aliphatic carbocycles. The summed E-state index contributed by atoms with van der Waals surface area (Å²) in [5, 5.41) is 19.6. The van der Waals surface area contributed by atoms with Gasteiger partial charge in [-0.1, -0.05) is 0 Å². The zero-order valence-electron chi connectivity index (χ0n) is 20.4. The minimum atomic E-state index is -1.44. The van der Waals surface area contributed by atoms with E-state index in [9.17, 15) is 9.50 Å². The summed E-state index contributed by atoms with van der Waals surface area (Å²) in [6, 6.07) is 4.81. The normalized spacial score (nSPS) is 15.8. The predicted molar refractivity (Wildman–Crippen MR) is 135 cm³/mol. The van der Waals surface area contributed by atoms with Crippen LogP contribution in [-0.4, -0.2) is 70.6 Å². The number of hydrogen-bond donors (Lipinski definition) is 1. The molecule has 188 valence electrons. The maximum Gasteiger partial charge on any atom is 0.225 e. The number of nitrogens with zero attached hydrogens (tertiary/aromatic N) is 10. The van der Waals surface area contributed by atoms with Crippen molar-refractivity contribution >= 4 is 17.3 Å². The van der Waals surface area contributed by atoms with Gasteiger partial charge in [-0.3, -0.25) is 9.67 Å². The van der Waals surface area contributed by atoms with Crippen molar-refractivity contribution in [2.45, 2.75) is 12.5 Å². The molecule has 1 unspecified atom stereocenters. The largest absolute Gasteiger partial charge is 0.379 e. The van der Waals surface area contributed by atoms with Crippen LogP contribution in [0.2, 0.25) is 0 Å². The average Bonchev–Trinajstić information content (AvgIpc) is 3.55. The first kappa shape index (κ1) is 23.0. The van der Waals surface area contributed by atoms with Crippen molar-refractivity contribution < 1.29 is 9.50 Å². The maximum atomic E-state index is 13.2. The number of piperazine rings is 1. The quantitative estimate of drug-likeness (QED) is 0.387. The minimum absolute atomic E-state index is 0.326. The smallest absolute Gasteiger partial charge is 0.225 e. The van der Waals surface area contributed by atoms with Gasteiger partial charge < -0.3 is 14.9 Å². The highest BCUT2D eigenvalue weighted by atomic mass is 19.1. The molecule has 11 nitrogen and oxygen atoms in total. The van der Waals surface area contributed by atoms with Crippen LogP contribution in [-0.2, 0) is 12.6 Å². The third-order valence-corrected chi connectivity index (χ3v) is 6.71. The molecule has 1 N–H and O–H groups in total. The topological polar surface area (TPSA) is 113 Å². The monoisotopic (exact) mass is 500 g/mol. The molecule has 1 atom stereocenters. The van der Waals surface area contributed by atoms with Crippen LogP contribution < -0.4 is 9.80 Å². The SMILES string of the molecule is Cn1cc(-c2cc3c(N4CCN(c5ncc(C(C)(O)c6ccc(F)cn6)cn5)CC4)ncnn3c2)cn1. The van der Waals surface area contributed by atoms with E-state index in [0.29, 0.717) is 30.3 Å². The van der Waals surface area contributed by atoms with Crippen LogP contribution >= 0.6 is 0 Å². The Bertz CT molecular complexity index is 1540. The fraction of sp³-hybridized carbons (Fsp3) is 0.280. The molecule has 12 heteroatoms. The van der Waals surface area contributed by atoms with Crippen molar-refractivity contribution in [2.24, 2.45) is 7.05 Å². The number of aromatic nitrogens is 8.